The lowest BCUT2D eigenvalue weighted by molar-refractivity contribution is 0.0983. The maximum Gasteiger partial charge on any atom is 0.178 e. The molecule has 1 aliphatic heterocycles. The normalized spacial score (nSPS) is 19.7. The molecule has 2 aromatic rings. The Labute approximate surface area is 144 Å². The van der Waals surface area contributed by atoms with Crippen LogP contribution >= 0.6 is 11.8 Å². The monoisotopic (exact) mass is 342 g/mol. The molecule has 124 valence electrons. The van der Waals surface area contributed by atoms with Crippen molar-refractivity contribution in [3.8, 4) is 11.5 Å². The number of benzene rings is 2. The van der Waals surface area contributed by atoms with Crippen LogP contribution in [-0.4, -0.2) is 30.4 Å². The molecule has 0 amide bonds. The van der Waals surface area contributed by atoms with E-state index >= 15 is 0 Å². The number of thioether (sulfide) groups is 1. The fraction of sp³-hybridized carbons (Fsp3) is 0.222. The minimum absolute atomic E-state index is 0.00710. The first-order chi connectivity index (χ1) is 11.6. The number of nitrogens with two attached hydrogens (primary N) is 1. The number of hydrogen-bond donors (Lipinski definition) is 1. The number of rotatable bonds is 5. The lowest BCUT2D eigenvalue weighted by atomic mass is 9.97. The topological polar surface area (TPSA) is 73.9 Å². The van der Waals surface area contributed by atoms with Crippen LogP contribution in [0.2, 0.25) is 0 Å². The van der Waals surface area contributed by atoms with Crippen molar-refractivity contribution in [1.29, 1.82) is 0 Å². The van der Waals surface area contributed by atoms with Crippen molar-refractivity contribution in [2.45, 2.75) is 11.3 Å². The third-order valence-electron chi connectivity index (χ3n) is 3.89. The lowest BCUT2D eigenvalue weighted by Gasteiger charge is -2.17. The Morgan fingerprint density at radius 2 is 1.54 bits per heavy atom. The zero-order valence-corrected chi connectivity index (χ0v) is 14.2. The summed E-state index contributed by atoms with van der Waals surface area (Å²) in [6.07, 6.45) is 0. The molecule has 24 heavy (non-hydrogen) atoms. The molecule has 6 heteroatoms. The molecule has 0 unspecified atom stereocenters. The summed E-state index contributed by atoms with van der Waals surface area (Å²) in [6.45, 7) is 0. The van der Waals surface area contributed by atoms with E-state index in [2.05, 4.69) is 4.99 Å². The number of hydrogen-bond acceptors (Lipinski definition) is 6. The summed E-state index contributed by atoms with van der Waals surface area (Å²) < 4.78 is 10.3. The van der Waals surface area contributed by atoms with Crippen LogP contribution in [0.5, 0.6) is 11.5 Å². The molecule has 5 nitrogen and oxygen atoms in total. The Balaban J connectivity index is 1.86. The predicted octanol–water partition coefficient (Wildman–Crippen LogP) is 3.06. The molecule has 3 rings (SSSR count). The third kappa shape index (κ3) is 3.23. The highest BCUT2D eigenvalue weighted by Gasteiger charge is 2.36. The van der Waals surface area contributed by atoms with Crippen molar-refractivity contribution in [2.75, 3.05) is 14.2 Å². The van der Waals surface area contributed by atoms with Gasteiger partial charge in [0, 0.05) is 5.56 Å². The van der Waals surface area contributed by atoms with Crippen molar-refractivity contribution in [2.24, 2.45) is 10.7 Å². The fourth-order valence-corrected chi connectivity index (χ4v) is 3.62. The van der Waals surface area contributed by atoms with Crippen LogP contribution < -0.4 is 15.2 Å². The van der Waals surface area contributed by atoms with Gasteiger partial charge in [-0.15, -0.1) is 0 Å². The Morgan fingerprint density at radius 1 is 1.00 bits per heavy atom. The summed E-state index contributed by atoms with van der Waals surface area (Å²) in [5.74, 6) is 1.49. The van der Waals surface area contributed by atoms with Gasteiger partial charge in [0.15, 0.2) is 11.0 Å². The van der Waals surface area contributed by atoms with Gasteiger partial charge in [0.05, 0.1) is 20.3 Å². The summed E-state index contributed by atoms with van der Waals surface area (Å²) in [7, 11) is 3.21. The van der Waals surface area contributed by atoms with Gasteiger partial charge in [-0.3, -0.25) is 9.79 Å². The van der Waals surface area contributed by atoms with E-state index in [-0.39, 0.29) is 17.1 Å². The van der Waals surface area contributed by atoms with Crippen LogP contribution in [0.3, 0.4) is 0 Å². The van der Waals surface area contributed by atoms with Crippen LogP contribution in [0.1, 0.15) is 22.0 Å². The van der Waals surface area contributed by atoms with E-state index in [9.17, 15) is 4.79 Å². The van der Waals surface area contributed by atoms with E-state index in [0.29, 0.717) is 16.5 Å². The van der Waals surface area contributed by atoms with Crippen molar-refractivity contribution < 1.29 is 14.3 Å². The highest BCUT2D eigenvalue weighted by Crippen LogP contribution is 2.38. The number of ether oxygens (including phenoxy) is 2. The molecule has 0 aromatic heterocycles. The Morgan fingerprint density at radius 3 is 2.08 bits per heavy atom. The second-order valence-corrected chi connectivity index (χ2v) is 6.48. The molecule has 0 spiro atoms. The van der Waals surface area contributed by atoms with Crippen LogP contribution in [0.15, 0.2) is 53.5 Å². The number of Topliss-reactive ketones (excluding diaryl/α,β-unsaturated/α-hetero) is 1. The number of ketones is 1. The van der Waals surface area contributed by atoms with Crippen molar-refractivity contribution in [1.82, 2.24) is 0 Å². The molecule has 0 fully saturated rings. The molecule has 1 aliphatic rings. The number of carbonyl (C=O) groups excluding carboxylic acids is 1. The zero-order chi connectivity index (χ0) is 17.1. The van der Waals surface area contributed by atoms with Gasteiger partial charge < -0.3 is 15.2 Å². The average molecular weight is 342 g/mol. The first-order valence-corrected chi connectivity index (χ1v) is 8.32. The van der Waals surface area contributed by atoms with Gasteiger partial charge in [0.1, 0.15) is 16.7 Å². The van der Waals surface area contributed by atoms with Crippen molar-refractivity contribution in [3.05, 3.63) is 59.7 Å². The van der Waals surface area contributed by atoms with Gasteiger partial charge in [-0.2, -0.15) is 0 Å². The molecular weight excluding hydrogens is 324 g/mol. The predicted molar refractivity (Wildman–Crippen MR) is 96.1 cm³/mol. The van der Waals surface area contributed by atoms with Crippen LogP contribution in [-0.2, 0) is 0 Å². The van der Waals surface area contributed by atoms with Gasteiger partial charge in [0.2, 0.25) is 0 Å². The van der Waals surface area contributed by atoms with Gasteiger partial charge in [0.25, 0.3) is 0 Å². The van der Waals surface area contributed by atoms with E-state index in [1.807, 2.05) is 24.3 Å². The fourth-order valence-electron chi connectivity index (χ4n) is 2.60. The van der Waals surface area contributed by atoms with Gasteiger partial charge in [-0.1, -0.05) is 23.9 Å². The summed E-state index contributed by atoms with van der Waals surface area (Å²) in [6, 6.07) is 14.3. The van der Waals surface area contributed by atoms with Gasteiger partial charge in [-0.25, -0.2) is 0 Å². The highest BCUT2D eigenvalue weighted by molar-refractivity contribution is 8.15. The zero-order valence-electron chi connectivity index (χ0n) is 13.4. The summed E-state index contributed by atoms with van der Waals surface area (Å²) >= 11 is 1.31. The number of nitrogens with zero attached hydrogens (tertiary/aromatic N) is 1. The standard InChI is InChI=1S/C18H18N2O3S/c1-22-13-7-3-11(4-8-13)15-17(24-18(19)20-15)16(21)12-5-9-14(23-2)10-6-12/h3-10,15,17H,1-2H3,(H2,19,20)/t15-,17-/m0/s1. The number of methoxy groups -OCH3 is 2. The first-order valence-electron chi connectivity index (χ1n) is 7.44. The second kappa shape index (κ2) is 6.97. The number of aliphatic imine (C=N–C) groups is 1. The van der Waals surface area contributed by atoms with E-state index < -0.39 is 0 Å². The largest absolute Gasteiger partial charge is 0.497 e. The quantitative estimate of drug-likeness (QED) is 0.845. The number of carbonyl (C=O) groups is 1. The molecular formula is C18H18N2O3S. The average Bonchev–Trinajstić information content (AvgIpc) is 3.03. The second-order valence-electron chi connectivity index (χ2n) is 5.32. The Bertz CT molecular complexity index is 757. The van der Waals surface area contributed by atoms with Crippen LogP contribution in [0, 0.1) is 0 Å². The van der Waals surface area contributed by atoms with Gasteiger partial charge >= 0.3 is 0 Å². The summed E-state index contributed by atoms with van der Waals surface area (Å²) in [4.78, 5) is 17.3. The Hall–Kier alpha value is -2.47. The van der Waals surface area contributed by atoms with E-state index in [4.69, 9.17) is 15.2 Å². The van der Waals surface area contributed by atoms with E-state index in [1.165, 1.54) is 11.8 Å². The molecule has 2 N–H and O–H groups in total. The SMILES string of the molecule is COc1ccc(C(=O)[C@H]2SC(N)=N[C@H]2c2ccc(OC)cc2)cc1. The van der Waals surface area contributed by atoms with Crippen molar-refractivity contribution in [3.63, 3.8) is 0 Å². The molecule has 1 heterocycles. The minimum Gasteiger partial charge on any atom is -0.497 e. The van der Waals surface area contributed by atoms with Gasteiger partial charge in [-0.05, 0) is 42.0 Å². The lowest BCUT2D eigenvalue weighted by Crippen LogP contribution is -2.22. The first kappa shape index (κ1) is 16.4. The number of amidine groups is 1. The Kier molecular flexibility index (Phi) is 4.76. The van der Waals surface area contributed by atoms with Crippen molar-refractivity contribution >= 4 is 22.7 Å². The molecule has 0 saturated carbocycles. The molecule has 2 aromatic carbocycles. The maximum absolute atomic E-state index is 12.9. The molecule has 0 radical (unpaired) electrons. The molecule has 0 aliphatic carbocycles. The molecule has 0 bridgehead atoms. The van der Waals surface area contributed by atoms with E-state index in [0.717, 1.165) is 11.3 Å². The third-order valence-corrected chi connectivity index (χ3v) is 4.96. The summed E-state index contributed by atoms with van der Waals surface area (Å²) in [5, 5.41) is 0.0643. The highest BCUT2D eigenvalue weighted by atomic mass is 32.2. The summed E-state index contributed by atoms with van der Waals surface area (Å²) in [5.41, 5.74) is 7.45. The van der Waals surface area contributed by atoms with Crippen LogP contribution in [0.4, 0.5) is 0 Å². The maximum atomic E-state index is 12.9. The molecule has 2 atom stereocenters. The van der Waals surface area contributed by atoms with Crippen LogP contribution in [0.25, 0.3) is 0 Å². The molecule has 0 saturated heterocycles. The van der Waals surface area contributed by atoms with E-state index in [1.54, 1.807) is 38.5 Å². The smallest absolute Gasteiger partial charge is 0.178 e. The minimum atomic E-state index is -0.369.